The normalized spacial score (nSPS) is 26.5. The zero-order chi connectivity index (χ0) is 12.2. The Morgan fingerprint density at radius 2 is 1.88 bits per heavy atom. The number of aliphatic hydroxyl groups excluding tert-OH is 1. The smallest absolute Gasteiger partial charge is 0.313 e. The number of carbonyl (C=O) groups excluding carboxylic acids is 1. The highest BCUT2D eigenvalue weighted by Gasteiger charge is 2.31. The highest BCUT2D eigenvalue weighted by Crippen LogP contribution is 2.24. The van der Waals surface area contributed by atoms with Crippen molar-refractivity contribution < 1.29 is 19.4 Å². The van der Waals surface area contributed by atoms with Gasteiger partial charge in [0.15, 0.2) is 0 Å². The van der Waals surface area contributed by atoms with Gasteiger partial charge in [-0.3, -0.25) is 4.79 Å². The third-order valence-electron chi connectivity index (χ3n) is 3.06. The summed E-state index contributed by atoms with van der Waals surface area (Å²) >= 11 is 0. The van der Waals surface area contributed by atoms with Crippen LogP contribution in [0.25, 0.3) is 0 Å². The number of carbonyl (C=O) groups is 1. The van der Waals surface area contributed by atoms with Gasteiger partial charge in [0.05, 0.1) is 31.3 Å². The molecule has 0 spiro atoms. The molecule has 0 aliphatic heterocycles. The van der Waals surface area contributed by atoms with Crippen LogP contribution < -0.4 is 0 Å². The molecule has 0 aromatic carbocycles. The predicted molar refractivity (Wildman–Crippen MR) is 60.0 cm³/mol. The summed E-state index contributed by atoms with van der Waals surface area (Å²) in [6.07, 6.45) is 3.34. The van der Waals surface area contributed by atoms with E-state index in [1.54, 1.807) is 0 Å². The van der Waals surface area contributed by atoms with Gasteiger partial charge in [0, 0.05) is 0 Å². The van der Waals surface area contributed by atoms with Crippen LogP contribution in [0.5, 0.6) is 0 Å². The SMILES string of the molecule is COC(=O)C(C)(C)COC1CCC(O)CC1. The number of aliphatic hydroxyl groups is 1. The molecule has 1 fully saturated rings. The minimum Gasteiger partial charge on any atom is -0.469 e. The number of rotatable bonds is 4. The van der Waals surface area contributed by atoms with Crippen molar-refractivity contribution in [3.63, 3.8) is 0 Å². The molecule has 1 aliphatic rings. The highest BCUT2D eigenvalue weighted by molar-refractivity contribution is 5.75. The molecular formula is C12H22O4. The fourth-order valence-corrected chi connectivity index (χ4v) is 1.87. The second-order valence-electron chi connectivity index (χ2n) is 5.12. The molecule has 0 aromatic heterocycles. The van der Waals surface area contributed by atoms with Crippen LogP contribution in [0.3, 0.4) is 0 Å². The van der Waals surface area contributed by atoms with Crippen molar-refractivity contribution in [2.75, 3.05) is 13.7 Å². The van der Waals surface area contributed by atoms with Gasteiger partial charge in [-0.25, -0.2) is 0 Å². The van der Waals surface area contributed by atoms with Crippen molar-refractivity contribution in [2.45, 2.75) is 51.7 Å². The third kappa shape index (κ3) is 3.76. The standard InChI is InChI=1S/C12H22O4/c1-12(2,11(14)15-3)8-16-10-6-4-9(13)5-7-10/h9-10,13H,4-8H2,1-3H3. The Morgan fingerprint density at radius 3 is 2.38 bits per heavy atom. The summed E-state index contributed by atoms with van der Waals surface area (Å²) in [5, 5.41) is 9.35. The average Bonchev–Trinajstić information content (AvgIpc) is 2.27. The first-order chi connectivity index (χ1) is 7.45. The lowest BCUT2D eigenvalue weighted by molar-refractivity contribution is -0.156. The first-order valence-corrected chi connectivity index (χ1v) is 5.84. The maximum Gasteiger partial charge on any atom is 0.313 e. The molecule has 16 heavy (non-hydrogen) atoms. The van der Waals surface area contributed by atoms with Gasteiger partial charge in [0.1, 0.15) is 0 Å². The lowest BCUT2D eigenvalue weighted by atomic mass is 9.93. The fourth-order valence-electron chi connectivity index (χ4n) is 1.87. The highest BCUT2D eigenvalue weighted by atomic mass is 16.5. The summed E-state index contributed by atoms with van der Waals surface area (Å²) in [5.74, 6) is -0.247. The van der Waals surface area contributed by atoms with E-state index in [1.807, 2.05) is 13.8 Å². The lowest BCUT2D eigenvalue weighted by Crippen LogP contribution is -2.34. The van der Waals surface area contributed by atoms with E-state index in [2.05, 4.69) is 0 Å². The van der Waals surface area contributed by atoms with Crippen LogP contribution in [0.2, 0.25) is 0 Å². The van der Waals surface area contributed by atoms with E-state index in [1.165, 1.54) is 7.11 Å². The molecule has 1 rings (SSSR count). The van der Waals surface area contributed by atoms with Crippen molar-refractivity contribution in [3.8, 4) is 0 Å². The summed E-state index contributed by atoms with van der Waals surface area (Å²) in [7, 11) is 1.39. The molecule has 4 heteroatoms. The quantitative estimate of drug-likeness (QED) is 0.744. The number of esters is 1. The zero-order valence-corrected chi connectivity index (χ0v) is 10.4. The monoisotopic (exact) mass is 230 g/mol. The van der Waals surface area contributed by atoms with Crippen LogP contribution in [0.1, 0.15) is 39.5 Å². The van der Waals surface area contributed by atoms with Gasteiger partial charge in [-0.15, -0.1) is 0 Å². The third-order valence-corrected chi connectivity index (χ3v) is 3.06. The van der Waals surface area contributed by atoms with Crippen LogP contribution in [0.15, 0.2) is 0 Å². The molecule has 1 aliphatic carbocycles. The number of ether oxygens (including phenoxy) is 2. The molecule has 0 heterocycles. The topological polar surface area (TPSA) is 55.8 Å². The molecule has 0 saturated heterocycles. The van der Waals surface area contributed by atoms with Crippen molar-refractivity contribution >= 4 is 5.97 Å². The molecule has 1 N–H and O–H groups in total. The summed E-state index contributed by atoms with van der Waals surface area (Å²) in [5.41, 5.74) is -0.592. The number of methoxy groups -OCH3 is 1. The van der Waals surface area contributed by atoms with Crippen LogP contribution in [0.4, 0.5) is 0 Å². The average molecular weight is 230 g/mol. The van der Waals surface area contributed by atoms with E-state index < -0.39 is 5.41 Å². The summed E-state index contributed by atoms with van der Waals surface area (Å²) in [6, 6.07) is 0. The molecule has 0 unspecified atom stereocenters. The summed E-state index contributed by atoms with van der Waals surface area (Å²) in [6.45, 7) is 4.01. The van der Waals surface area contributed by atoms with Crippen molar-refractivity contribution in [1.29, 1.82) is 0 Å². The molecule has 0 aromatic rings. The van der Waals surface area contributed by atoms with Crippen molar-refractivity contribution in [1.82, 2.24) is 0 Å². The van der Waals surface area contributed by atoms with Gasteiger partial charge in [0.2, 0.25) is 0 Å². The maximum atomic E-state index is 11.4. The first kappa shape index (κ1) is 13.5. The summed E-state index contributed by atoms with van der Waals surface area (Å²) < 4.78 is 10.4. The molecule has 0 atom stereocenters. The molecule has 0 bridgehead atoms. The van der Waals surface area contributed by atoms with Crippen LogP contribution in [-0.4, -0.2) is 37.0 Å². The van der Waals surface area contributed by atoms with Gasteiger partial charge < -0.3 is 14.6 Å². The second-order valence-corrected chi connectivity index (χ2v) is 5.12. The van der Waals surface area contributed by atoms with E-state index in [9.17, 15) is 9.90 Å². The summed E-state index contributed by atoms with van der Waals surface area (Å²) in [4.78, 5) is 11.4. The molecular weight excluding hydrogens is 208 g/mol. The van der Waals surface area contributed by atoms with E-state index in [-0.39, 0.29) is 18.2 Å². The van der Waals surface area contributed by atoms with Crippen LogP contribution in [0, 0.1) is 5.41 Å². The zero-order valence-electron chi connectivity index (χ0n) is 10.4. The molecule has 0 radical (unpaired) electrons. The predicted octanol–water partition coefficient (Wildman–Crippen LogP) is 1.51. The maximum absolute atomic E-state index is 11.4. The Balaban J connectivity index is 2.31. The first-order valence-electron chi connectivity index (χ1n) is 5.84. The van der Waals surface area contributed by atoms with Crippen LogP contribution >= 0.6 is 0 Å². The largest absolute Gasteiger partial charge is 0.469 e. The minimum atomic E-state index is -0.592. The van der Waals surface area contributed by atoms with Gasteiger partial charge in [-0.1, -0.05) is 0 Å². The van der Waals surface area contributed by atoms with Gasteiger partial charge in [0.25, 0.3) is 0 Å². The minimum absolute atomic E-state index is 0.173. The van der Waals surface area contributed by atoms with E-state index in [4.69, 9.17) is 9.47 Å². The number of hydrogen-bond donors (Lipinski definition) is 1. The Morgan fingerprint density at radius 1 is 1.31 bits per heavy atom. The molecule has 94 valence electrons. The molecule has 0 amide bonds. The Bertz CT molecular complexity index is 229. The molecule has 1 saturated carbocycles. The Kier molecular flexibility index (Phi) is 4.74. The Hall–Kier alpha value is -0.610. The van der Waals surface area contributed by atoms with Crippen molar-refractivity contribution in [2.24, 2.45) is 5.41 Å². The van der Waals surface area contributed by atoms with Crippen molar-refractivity contribution in [3.05, 3.63) is 0 Å². The van der Waals surface area contributed by atoms with Crippen LogP contribution in [-0.2, 0) is 14.3 Å². The van der Waals surface area contributed by atoms with E-state index in [0.717, 1.165) is 25.7 Å². The van der Waals surface area contributed by atoms with Gasteiger partial charge in [-0.05, 0) is 39.5 Å². The molecule has 4 nitrogen and oxygen atoms in total. The fraction of sp³-hybridized carbons (Fsp3) is 0.917. The van der Waals surface area contributed by atoms with E-state index >= 15 is 0 Å². The Labute approximate surface area is 96.9 Å². The van der Waals surface area contributed by atoms with Gasteiger partial charge >= 0.3 is 5.97 Å². The van der Waals surface area contributed by atoms with Gasteiger partial charge in [-0.2, -0.15) is 0 Å². The second kappa shape index (κ2) is 5.64. The van der Waals surface area contributed by atoms with E-state index in [0.29, 0.717) is 6.61 Å². The lowest BCUT2D eigenvalue weighted by Gasteiger charge is -2.29. The number of hydrogen-bond acceptors (Lipinski definition) is 4.